The number of hydroxylamine groups is 1. The average Bonchev–Trinajstić information content (AvgIpc) is 1.84. The molecule has 0 unspecified atom stereocenters. The van der Waals surface area contributed by atoms with Gasteiger partial charge in [-0.05, 0) is 27.7 Å². The van der Waals surface area contributed by atoms with Gasteiger partial charge in [-0.2, -0.15) is 0 Å². The average molecular weight is 159 g/mol. The molecule has 0 aromatic heterocycles. The lowest BCUT2D eigenvalue weighted by atomic mass is 10.4. The van der Waals surface area contributed by atoms with Crippen molar-refractivity contribution in [2.75, 3.05) is 0 Å². The second kappa shape index (κ2) is 4.96. The van der Waals surface area contributed by atoms with E-state index in [9.17, 15) is 0 Å². The third-order valence-corrected chi connectivity index (χ3v) is 0.919. The third-order valence-electron chi connectivity index (χ3n) is 0.919. The highest BCUT2D eigenvalue weighted by Gasteiger charge is 1.99. The van der Waals surface area contributed by atoms with Crippen molar-refractivity contribution in [3.8, 4) is 0 Å². The largest absolute Gasteiger partial charge is 0.352 e. The van der Waals surface area contributed by atoms with Crippen LogP contribution in [-0.4, -0.2) is 23.3 Å². The second-order valence-electron chi connectivity index (χ2n) is 2.98. The molecule has 0 amide bonds. The molecule has 0 aromatic carbocycles. The quantitative estimate of drug-likeness (QED) is 0.316. The molecule has 0 atom stereocenters. The maximum absolute atomic E-state index is 8.58. The summed E-state index contributed by atoms with van der Waals surface area (Å²) in [6, 6.07) is 0.447. The van der Waals surface area contributed by atoms with E-state index in [0.29, 0.717) is 5.96 Å². The number of rotatable bonds is 2. The van der Waals surface area contributed by atoms with Crippen LogP contribution in [0.2, 0.25) is 0 Å². The van der Waals surface area contributed by atoms with Gasteiger partial charge in [0, 0.05) is 12.1 Å². The van der Waals surface area contributed by atoms with Gasteiger partial charge in [0.2, 0.25) is 5.96 Å². The molecular weight excluding hydrogens is 142 g/mol. The molecule has 4 heteroatoms. The Bertz CT molecular complexity index is 132. The summed E-state index contributed by atoms with van der Waals surface area (Å²) in [6.45, 7) is 7.85. The van der Waals surface area contributed by atoms with Crippen molar-refractivity contribution in [3.05, 3.63) is 0 Å². The topological polar surface area (TPSA) is 56.7 Å². The maximum atomic E-state index is 8.58. The Morgan fingerprint density at radius 2 is 1.82 bits per heavy atom. The third kappa shape index (κ3) is 5.66. The maximum Gasteiger partial charge on any atom is 0.215 e. The van der Waals surface area contributed by atoms with Gasteiger partial charge in [0.05, 0.1) is 0 Å². The van der Waals surface area contributed by atoms with Gasteiger partial charge in [-0.15, -0.1) is 0 Å². The van der Waals surface area contributed by atoms with Gasteiger partial charge >= 0.3 is 0 Å². The summed E-state index contributed by atoms with van der Waals surface area (Å²) in [4.78, 5) is 4.08. The van der Waals surface area contributed by atoms with Crippen molar-refractivity contribution in [2.24, 2.45) is 4.99 Å². The highest BCUT2D eigenvalue weighted by molar-refractivity contribution is 5.78. The van der Waals surface area contributed by atoms with E-state index >= 15 is 0 Å². The van der Waals surface area contributed by atoms with E-state index in [1.165, 1.54) is 0 Å². The molecule has 0 radical (unpaired) electrons. The number of nitrogens with zero attached hydrogens (tertiary/aromatic N) is 1. The number of nitrogens with one attached hydrogen (secondary N) is 2. The van der Waals surface area contributed by atoms with Crippen LogP contribution in [0, 0.1) is 0 Å². The standard InChI is InChI=1S/C7H17N3O/c1-5(2)8-7(10-11)9-6(3)4/h5-6,11H,1-4H3,(H2,8,9,10). The summed E-state index contributed by atoms with van der Waals surface area (Å²) in [5.41, 5.74) is 2.00. The van der Waals surface area contributed by atoms with Crippen molar-refractivity contribution < 1.29 is 5.21 Å². The van der Waals surface area contributed by atoms with E-state index in [4.69, 9.17) is 5.21 Å². The van der Waals surface area contributed by atoms with E-state index < -0.39 is 0 Å². The fraction of sp³-hybridized carbons (Fsp3) is 0.857. The molecule has 66 valence electrons. The summed E-state index contributed by atoms with van der Waals surface area (Å²) in [5.74, 6) is 0.426. The molecule has 0 aliphatic heterocycles. The zero-order chi connectivity index (χ0) is 8.85. The van der Waals surface area contributed by atoms with Crippen LogP contribution in [0.25, 0.3) is 0 Å². The minimum Gasteiger partial charge on any atom is -0.352 e. The van der Waals surface area contributed by atoms with Gasteiger partial charge < -0.3 is 5.32 Å². The van der Waals surface area contributed by atoms with Crippen LogP contribution in [0.4, 0.5) is 0 Å². The van der Waals surface area contributed by atoms with Crippen LogP contribution in [0.1, 0.15) is 27.7 Å². The fourth-order valence-electron chi connectivity index (χ4n) is 0.630. The first-order valence-corrected chi connectivity index (χ1v) is 3.80. The lowest BCUT2D eigenvalue weighted by molar-refractivity contribution is 0.227. The molecule has 0 bridgehead atoms. The van der Waals surface area contributed by atoms with Crippen molar-refractivity contribution in [2.45, 2.75) is 39.8 Å². The molecule has 3 N–H and O–H groups in total. The van der Waals surface area contributed by atoms with Crippen LogP contribution in [0.3, 0.4) is 0 Å². The Morgan fingerprint density at radius 3 is 2.09 bits per heavy atom. The minimum atomic E-state index is 0.177. The zero-order valence-electron chi connectivity index (χ0n) is 7.55. The van der Waals surface area contributed by atoms with Gasteiger partial charge in [-0.25, -0.2) is 10.5 Å². The van der Waals surface area contributed by atoms with E-state index in [1.807, 2.05) is 33.2 Å². The second-order valence-corrected chi connectivity index (χ2v) is 2.98. The van der Waals surface area contributed by atoms with Crippen LogP contribution < -0.4 is 10.8 Å². The van der Waals surface area contributed by atoms with Crippen molar-refractivity contribution in [1.29, 1.82) is 0 Å². The van der Waals surface area contributed by atoms with E-state index in [1.54, 1.807) is 0 Å². The molecular formula is C7H17N3O. The van der Waals surface area contributed by atoms with Crippen LogP contribution in [-0.2, 0) is 0 Å². The van der Waals surface area contributed by atoms with Crippen molar-refractivity contribution >= 4 is 5.96 Å². The highest BCUT2D eigenvalue weighted by Crippen LogP contribution is 1.85. The summed E-state index contributed by atoms with van der Waals surface area (Å²) < 4.78 is 0. The first kappa shape index (κ1) is 10.2. The van der Waals surface area contributed by atoms with E-state index in [0.717, 1.165) is 0 Å². The molecule has 0 aliphatic carbocycles. The molecule has 0 aliphatic rings. The molecule has 4 nitrogen and oxygen atoms in total. The number of hydrogen-bond donors (Lipinski definition) is 3. The van der Waals surface area contributed by atoms with E-state index in [2.05, 4.69) is 10.3 Å². The van der Waals surface area contributed by atoms with Gasteiger partial charge in [-0.1, -0.05) is 0 Å². The number of aliphatic imine (C=N–C) groups is 1. The van der Waals surface area contributed by atoms with Crippen molar-refractivity contribution in [3.63, 3.8) is 0 Å². The number of guanidine groups is 1. The number of hydrogen-bond acceptors (Lipinski definition) is 2. The van der Waals surface area contributed by atoms with Crippen LogP contribution in [0.5, 0.6) is 0 Å². The van der Waals surface area contributed by atoms with Gasteiger partial charge in [0.25, 0.3) is 0 Å². The Balaban J connectivity index is 3.94. The monoisotopic (exact) mass is 159 g/mol. The Labute approximate surface area is 67.7 Å². The SMILES string of the molecule is CC(C)N=C(NO)NC(C)C. The fourth-order valence-corrected chi connectivity index (χ4v) is 0.630. The predicted octanol–water partition coefficient (Wildman–Crippen LogP) is 0.728. The molecule has 0 heterocycles. The van der Waals surface area contributed by atoms with Crippen molar-refractivity contribution in [1.82, 2.24) is 10.8 Å². The van der Waals surface area contributed by atoms with Gasteiger partial charge in [0.1, 0.15) is 0 Å². The lowest BCUT2D eigenvalue weighted by Gasteiger charge is -2.11. The highest BCUT2D eigenvalue weighted by atomic mass is 16.5. The first-order valence-electron chi connectivity index (χ1n) is 3.80. The van der Waals surface area contributed by atoms with Gasteiger partial charge in [-0.3, -0.25) is 5.21 Å². The zero-order valence-corrected chi connectivity index (χ0v) is 7.55. The molecule has 0 saturated heterocycles. The summed E-state index contributed by atoms with van der Waals surface area (Å²) in [6.07, 6.45) is 0. The Kier molecular flexibility index (Phi) is 4.61. The molecule has 0 aromatic rings. The van der Waals surface area contributed by atoms with Gasteiger partial charge in [0.15, 0.2) is 0 Å². The summed E-state index contributed by atoms with van der Waals surface area (Å²) >= 11 is 0. The molecule has 0 spiro atoms. The van der Waals surface area contributed by atoms with Crippen LogP contribution >= 0.6 is 0 Å². The van der Waals surface area contributed by atoms with E-state index in [-0.39, 0.29) is 12.1 Å². The summed E-state index contributed by atoms with van der Waals surface area (Å²) in [7, 11) is 0. The predicted molar refractivity (Wildman–Crippen MR) is 45.8 cm³/mol. The molecule has 11 heavy (non-hydrogen) atoms. The Hall–Kier alpha value is -0.770. The molecule has 0 rings (SSSR count). The molecule has 0 fully saturated rings. The normalized spacial score (nSPS) is 12.5. The smallest absolute Gasteiger partial charge is 0.215 e. The first-order chi connectivity index (χ1) is 5.06. The minimum absolute atomic E-state index is 0.177. The summed E-state index contributed by atoms with van der Waals surface area (Å²) in [5, 5.41) is 11.5. The Morgan fingerprint density at radius 1 is 1.27 bits per heavy atom. The van der Waals surface area contributed by atoms with Crippen LogP contribution in [0.15, 0.2) is 4.99 Å². The lowest BCUT2D eigenvalue weighted by Crippen LogP contribution is -2.40. The molecule has 0 saturated carbocycles.